The molecule has 156 valence electrons. The second-order valence-corrected chi connectivity index (χ2v) is 9.73. The normalized spacial score (nSPS) is 29.4. The second-order valence-electron chi connectivity index (χ2n) is 9.32. The van der Waals surface area contributed by atoms with E-state index in [4.69, 9.17) is 11.6 Å². The number of hydrogen-bond acceptors (Lipinski definition) is 3. The molecule has 5 rings (SSSR count). The van der Waals surface area contributed by atoms with Crippen LogP contribution >= 0.6 is 11.6 Å². The molecular formula is C22H28ClN3O3. The molecule has 3 amide bonds. The maximum atomic E-state index is 13.0. The maximum Gasteiger partial charge on any atom is 0.254 e. The molecule has 0 heterocycles. The van der Waals surface area contributed by atoms with Gasteiger partial charge in [0.05, 0.1) is 17.1 Å². The Hall–Kier alpha value is -2.08. The van der Waals surface area contributed by atoms with Crippen molar-refractivity contribution in [1.29, 1.82) is 0 Å². The van der Waals surface area contributed by atoms with E-state index >= 15 is 0 Å². The Morgan fingerprint density at radius 3 is 2.21 bits per heavy atom. The van der Waals surface area contributed by atoms with E-state index in [1.165, 1.54) is 24.2 Å². The minimum absolute atomic E-state index is 0.0336. The molecule has 6 nitrogen and oxygen atoms in total. The predicted octanol–water partition coefficient (Wildman–Crippen LogP) is 3.31. The molecular weight excluding hydrogens is 390 g/mol. The van der Waals surface area contributed by atoms with Gasteiger partial charge in [0.1, 0.15) is 0 Å². The van der Waals surface area contributed by atoms with Gasteiger partial charge >= 0.3 is 0 Å². The summed E-state index contributed by atoms with van der Waals surface area (Å²) in [6.45, 7) is -0.0693. The number of carbonyl (C=O) groups excluding carboxylic acids is 3. The molecule has 0 radical (unpaired) electrons. The number of benzene rings is 1. The average Bonchev–Trinajstić information content (AvgIpc) is 2.66. The molecule has 1 aromatic carbocycles. The van der Waals surface area contributed by atoms with Crippen molar-refractivity contribution >= 4 is 35.0 Å². The fourth-order valence-electron chi connectivity index (χ4n) is 5.95. The first-order chi connectivity index (χ1) is 13.8. The van der Waals surface area contributed by atoms with Crippen molar-refractivity contribution in [2.75, 3.05) is 26.0 Å². The van der Waals surface area contributed by atoms with Crippen molar-refractivity contribution in [3.8, 4) is 0 Å². The Kier molecular flexibility index (Phi) is 5.32. The summed E-state index contributed by atoms with van der Waals surface area (Å²) < 4.78 is 0. The summed E-state index contributed by atoms with van der Waals surface area (Å²) in [7, 11) is 3.29. The van der Waals surface area contributed by atoms with E-state index < -0.39 is 0 Å². The van der Waals surface area contributed by atoms with Crippen molar-refractivity contribution in [3.05, 3.63) is 28.8 Å². The Labute approximate surface area is 176 Å². The average molecular weight is 418 g/mol. The first-order valence-electron chi connectivity index (χ1n) is 10.3. The summed E-state index contributed by atoms with van der Waals surface area (Å²) in [6.07, 6.45) is 6.74. The lowest BCUT2D eigenvalue weighted by atomic mass is 9.49. The quantitative estimate of drug-likeness (QED) is 0.771. The maximum absolute atomic E-state index is 13.0. The van der Waals surface area contributed by atoms with Gasteiger partial charge in [-0.1, -0.05) is 11.6 Å². The number of nitrogens with one attached hydrogen (secondary N) is 2. The molecule has 2 N–H and O–H groups in total. The lowest BCUT2D eigenvalue weighted by molar-refractivity contribution is -0.146. The van der Waals surface area contributed by atoms with Crippen LogP contribution in [0.5, 0.6) is 0 Å². The summed E-state index contributed by atoms with van der Waals surface area (Å²) in [5.74, 6) is 1.54. The molecule has 0 aromatic heterocycles. The summed E-state index contributed by atoms with van der Waals surface area (Å²) in [5.41, 5.74) is 0.543. The van der Waals surface area contributed by atoms with Crippen molar-refractivity contribution in [2.45, 2.75) is 38.5 Å². The van der Waals surface area contributed by atoms with Gasteiger partial charge in [-0.2, -0.15) is 0 Å². The van der Waals surface area contributed by atoms with E-state index in [1.807, 2.05) is 0 Å². The highest BCUT2D eigenvalue weighted by atomic mass is 35.5. The van der Waals surface area contributed by atoms with Gasteiger partial charge in [-0.05, 0) is 74.5 Å². The molecule has 0 aliphatic heterocycles. The lowest BCUT2D eigenvalue weighted by Gasteiger charge is -2.55. The van der Waals surface area contributed by atoms with E-state index in [0.29, 0.717) is 34.0 Å². The third-order valence-corrected chi connectivity index (χ3v) is 7.15. The second kappa shape index (κ2) is 7.63. The zero-order valence-electron chi connectivity index (χ0n) is 17.0. The summed E-state index contributed by atoms with van der Waals surface area (Å²) in [5, 5.41) is 5.95. The molecule has 4 saturated carbocycles. The van der Waals surface area contributed by atoms with E-state index in [9.17, 15) is 14.4 Å². The van der Waals surface area contributed by atoms with Crippen LogP contribution in [0, 0.1) is 23.2 Å². The molecule has 29 heavy (non-hydrogen) atoms. The zero-order valence-corrected chi connectivity index (χ0v) is 17.7. The van der Waals surface area contributed by atoms with Crippen molar-refractivity contribution in [1.82, 2.24) is 10.2 Å². The Morgan fingerprint density at radius 2 is 1.66 bits per heavy atom. The number of carbonyl (C=O) groups is 3. The summed E-state index contributed by atoms with van der Waals surface area (Å²) >= 11 is 6.11. The van der Waals surface area contributed by atoms with Crippen LogP contribution in [0.3, 0.4) is 0 Å². The Morgan fingerprint density at radius 1 is 1.07 bits per heavy atom. The Balaban J connectivity index is 1.35. The molecule has 0 atom stereocenters. The highest BCUT2D eigenvalue weighted by Crippen LogP contribution is 2.60. The number of halogens is 1. The highest BCUT2D eigenvalue weighted by molar-refractivity contribution is 6.34. The molecule has 4 aliphatic rings. The van der Waals surface area contributed by atoms with Crippen LogP contribution in [0.15, 0.2) is 18.2 Å². The third-order valence-electron chi connectivity index (χ3n) is 6.82. The van der Waals surface area contributed by atoms with Crippen LogP contribution in [0.1, 0.15) is 48.9 Å². The minimum atomic E-state index is -0.311. The number of anilines is 1. The largest absolute Gasteiger partial charge is 0.347 e. The van der Waals surface area contributed by atoms with Gasteiger partial charge in [-0.25, -0.2) is 0 Å². The number of nitrogens with zero attached hydrogens (tertiary/aromatic N) is 1. The van der Waals surface area contributed by atoms with E-state index in [2.05, 4.69) is 10.6 Å². The predicted molar refractivity (Wildman–Crippen MR) is 112 cm³/mol. The molecule has 0 spiro atoms. The van der Waals surface area contributed by atoms with Crippen LogP contribution in [0.25, 0.3) is 0 Å². The van der Waals surface area contributed by atoms with Crippen LogP contribution in [0.4, 0.5) is 5.69 Å². The van der Waals surface area contributed by atoms with Crippen LogP contribution < -0.4 is 10.6 Å². The van der Waals surface area contributed by atoms with Gasteiger partial charge in [0.15, 0.2) is 0 Å². The van der Waals surface area contributed by atoms with Gasteiger partial charge in [0, 0.05) is 25.2 Å². The first-order valence-corrected chi connectivity index (χ1v) is 10.7. The van der Waals surface area contributed by atoms with Gasteiger partial charge < -0.3 is 15.5 Å². The van der Waals surface area contributed by atoms with Gasteiger partial charge in [0.2, 0.25) is 11.8 Å². The van der Waals surface area contributed by atoms with Crippen molar-refractivity contribution in [2.24, 2.45) is 23.2 Å². The molecule has 1 aromatic rings. The molecule has 0 saturated heterocycles. The number of rotatable bonds is 5. The van der Waals surface area contributed by atoms with E-state index in [0.717, 1.165) is 19.3 Å². The monoisotopic (exact) mass is 417 g/mol. The summed E-state index contributed by atoms with van der Waals surface area (Å²) in [4.78, 5) is 39.0. The zero-order chi connectivity index (χ0) is 20.8. The van der Waals surface area contributed by atoms with E-state index in [1.54, 1.807) is 32.3 Å². The fourth-order valence-corrected chi connectivity index (χ4v) is 6.15. The van der Waals surface area contributed by atoms with Crippen LogP contribution in [0.2, 0.25) is 5.02 Å². The number of amides is 3. The summed E-state index contributed by atoms with van der Waals surface area (Å²) in [6, 6.07) is 4.79. The van der Waals surface area contributed by atoms with Gasteiger partial charge in [-0.15, -0.1) is 0 Å². The Bertz CT molecular complexity index is 816. The van der Waals surface area contributed by atoms with Gasteiger partial charge in [-0.3, -0.25) is 14.4 Å². The smallest absolute Gasteiger partial charge is 0.254 e. The highest BCUT2D eigenvalue weighted by Gasteiger charge is 2.54. The fraction of sp³-hybridized carbons (Fsp3) is 0.591. The SMILES string of the molecule is CN(C)C(=O)c1cc(NC(=O)CNC(=O)C23CC4CC(CC(C4)C2)C3)ccc1Cl. The number of hydrogen-bond donors (Lipinski definition) is 2. The molecule has 7 heteroatoms. The molecule has 4 fully saturated rings. The van der Waals surface area contributed by atoms with Crippen LogP contribution in [-0.4, -0.2) is 43.3 Å². The van der Waals surface area contributed by atoms with Gasteiger partial charge in [0.25, 0.3) is 5.91 Å². The first kappa shape index (κ1) is 20.2. The lowest BCUT2D eigenvalue weighted by Crippen LogP contribution is -2.54. The third kappa shape index (κ3) is 4.00. The van der Waals surface area contributed by atoms with Crippen LogP contribution in [-0.2, 0) is 9.59 Å². The standard InChI is InChI=1S/C22H28ClN3O3/c1-26(2)20(28)17-8-16(3-4-18(17)23)25-19(27)12-24-21(29)22-9-13-5-14(10-22)7-15(6-13)11-22/h3-4,8,13-15H,5-7,9-12H2,1-2H3,(H,24,29)(H,25,27). The minimum Gasteiger partial charge on any atom is -0.347 e. The van der Waals surface area contributed by atoms with Crippen molar-refractivity contribution in [3.63, 3.8) is 0 Å². The van der Waals surface area contributed by atoms with Crippen molar-refractivity contribution < 1.29 is 14.4 Å². The topological polar surface area (TPSA) is 78.5 Å². The molecule has 4 aliphatic carbocycles. The molecule has 4 bridgehead atoms. The molecule has 0 unspecified atom stereocenters. The van der Waals surface area contributed by atoms with E-state index in [-0.39, 0.29) is 29.7 Å².